The molecule has 0 saturated carbocycles. The Bertz CT molecular complexity index is 1430. The van der Waals surface area contributed by atoms with E-state index in [0.717, 1.165) is 37.1 Å². The van der Waals surface area contributed by atoms with Crippen molar-refractivity contribution in [2.75, 3.05) is 24.7 Å². The summed E-state index contributed by atoms with van der Waals surface area (Å²) in [5.41, 5.74) is 2.22. The van der Waals surface area contributed by atoms with Crippen molar-refractivity contribution in [2.24, 2.45) is 0 Å². The number of anilines is 1. The first-order valence-corrected chi connectivity index (χ1v) is 13.9. The molecule has 0 spiro atoms. The van der Waals surface area contributed by atoms with Crippen LogP contribution in [-0.2, 0) is 14.8 Å². The van der Waals surface area contributed by atoms with E-state index in [2.05, 4.69) is 14.7 Å². The largest absolute Gasteiger partial charge is 0.488 e. The normalized spacial score (nSPS) is 20.5. The number of fused-ring (bicyclic) bond motifs is 1. The fraction of sp³-hybridized carbons (Fsp3) is 0.462. The molecule has 2 fully saturated rings. The average Bonchev–Trinajstić information content (AvgIpc) is 3.59. The number of hydrogen-bond acceptors (Lipinski definition) is 7. The van der Waals surface area contributed by atoms with Gasteiger partial charge in [0.05, 0.1) is 41.3 Å². The number of hydrogen-bond donors (Lipinski definition) is 1. The molecule has 2 atom stereocenters. The van der Waals surface area contributed by atoms with E-state index >= 15 is 0 Å². The molecule has 2 aliphatic rings. The predicted molar refractivity (Wildman–Crippen MR) is 137 cm³/mol. The number of nitrogens with zero attached hydrogens (tertiary/aromatic N) is 3. The molecule has 0 aliphatic carbocycles. The number of ether oxygens (including phenoxy) is 2. The summed E-state index contributed by atoms with van der Waals surface area (Å²) in [5, 5.41) is 4.22. The number of amides is 1. The zero-order valence-corrected chi connectivity index (χ0v) is 21.9. The Morgan fingerprint density at radius 3 is 2.76 bits per heavy atom. The van der Waals surface area contributed by atoms with Crippen molar-refractivity contribution in [3.63, 3.8) is 0 Å². The number of carbonyl (C=O) groups is 1. The number of rotatable bonds is 6. The monoisotopic (exact) mass is 530 g/mol. The summed E-state index contributed by atoms with van der Waals surface area (Å²) in [4.78, 5) is 15.1. The van der Waals surface area contributed by atoms with Crippen molar-refractivity contribution in [3.05, 3.63) is 59.7 Å². The SMILES string of the molecule is CC(C)(C)S(=O)(=O)NC(=O)c1cnn2ccc(N3CCCC3c3cc(F)ccc3OC3CCOC3)cc12. The van der Waals surface area contributed by atoms with E-state index in [1.165, 1.54) is 43.6 Å². The average molecular weight is 531 g/mol. The molecule has 2 aliphatic heterocycles. The maximum Gasteiger partial charge on any atom is 0.268 e. The van der Waals surface area contributed by atoms with Gasteiger partial charge in [0.1, 0.15) is 17.7 Å². The summed E-state index contributed by atoms with van der Waals surface area (Å²) in [6.07, 6.45) is 5.52. The van der Waals surface area contributed by atoms with Crippen LogP contribution in [0.4, 0.5) is 10.1 Å². The lowest BCUT2D eigenvalue weighted by molar-refractivity contribution is 0.0982. The van der Waals surface area contributed by atoms with E-state index in [1.807, 2.05) is 12.1 Å². The van der Waals surface area contributed by atoms with E-state index in [1.54, 1.807) is 12.3 Å². The number of pyridine rings is 1. The fourth-order valence-corrected chi connectivity index (χ4v) is 5.38. The zero-order valence-electron chi connectivity index (χ0n) is 21.1. The number of sulfonamides is 1. The molecule has 11 heteroatoms. The van der Waals surface area contributed by atoms with Gasteiger partial charge in [0.25, 0.3) is 5.91 Å². The van der Waals surface area contributed by atoms with Gasteiger partial charge in [0.2, 0.25) is 10.0 Å². The van der Waals surface area contributed by atoms with Gasteiger partial charge in [0.15, 0.2) is 0 Å². The number of carbonyl (C=O) groups excluding carboxylic acids is 1. The molecule has 2 saturated heterocycles. The van der Waals surface area contributed by atoms with E-state index in [-0.39, 0.29) is 23.5 Å². The highest BCUT2D eigenvalue weighted by Gasteiger charge is 2.33. The summed E-state index contributed by atoms with van der Waals surface area (Å²) in [6.45, 7) is 6.46. The number of aromatic nitrogens is 2. The highest BCUT2D eigenvalue weighted by atomic mass is 32.2. The predicted octanol–water partition coefficient (Wildman–Crippen LogP) is 3.84. The van der Waals surface area contributed by atoms with Crippen molar-refractivity contribution in [3.8, 4) is 5.75 Å². The second kappa shape index (κ2) is 9.60. The maximum atomic E-state index is 14.4. The van der Waals surface area contributed by atoms with Crippen molar-refractivity contribution in [1.82, 2.24) is 14.3 Å². The van der Waals surface area contributed by atoms with Crippen molar-refractivity contribution >= 4 is 27.1 Å². The molecular formula is C26H31FN4O5S. The Hall–Kier alpha value is -3.18. The van der Waals surface area contributed by atoms with Crippen LogP contribution in [0.5, 0.6) is 5.75 Å². The van der Waals surface area contributed by atoms with Crippen LogP contribution < -0.4 is 14.4 Å². The van der Waals surface area contributed by atoms with Crippen LogP contribution in [0.3, 0.4) is 0 Å². The van der Waals surface area contributed by atoms with E-state index < -0.39 is 20.7 Å². The minimum Gasteiger partial charge on any atom is -0.488 e. The van der Waals surface area contributed by atoms with Gasteiger partial charge >= 0.3 is 0 Å². The first kappa shape index (κ1) is 25.5. The van der Waals surface area contributed by atoms with Gasteiger partial charge in [-0.25, -0.2) is 22.0 Å². The lowest BCUT2D eigenvalue weighted by Crippen LogP contribution is -2.42. The number of halogens is 1. The lowest BCUT2D eigenvalue weighted by Gasteiger charge is -2.29. The molecule has 3 aromatic rings. The topological polar surface area (TPSA) is 102 Å². The minimum absolute atomic E-state index is 0.0624. The molecule has 5 rings (SSSR count). The molecule has 0 radical (unpaired) electrons. The summed E-state index contributed by atoms with van der Waals surface area (Å²) >= 11 is 0. The van der Waals surface area contributed by atoms with Crippen molar-refractivity contribution in [2.45, 2.75) is 56.9 Å². The van der Waals surface area contributed by atoms with Crippen LogP contribution >= 0.6 is 0 Å². The summed E-state index contributed by atoms with van der Waals surface area (Å²) in [6, 6.07) is 8.19. The van der Waals surface area contributed by atoms with Crippen LogP contribution in [0.15, 0.2) is 42.7 Å². The van der Waals surface area contributed by atoms with Gasteiger partial charge in [-0.1, -0.05) is 0 Å². The van der Waals surface area contributed by atoms with Gasteiger partial charge in [-0.3, -0.25) is 4.79 Å². The van der Waals surface area contributed by atoms with Crippen LogP contribution in [0.25, 0.3) is 5.52 Å². The van der Waals surface area contributed by atoms with Crippen LogP contribution in [0, 0.1) is 5.82 Å². The Kier molecular flexibility index (Phi) is 6.61. The van der Waals surface area contributed by atoms with Gasteiger partial charge in [-0.2, -0.15) is 5.10 Å². The standard InChI is InChI=1S/C26H31FN4O5S/c1-26(2,3)37(33,34)29-25(32)21-15-28-31-11-8-18(14-23(21)31)30-10-4-5-22(30)20-13-17(27)6-7-24(20)36-19-9-12-35-16-19/h6-8,11,13-15,19,22H,4-5,9-10,12,16H2,1-3H3,(H,29,32). The maximum absolute atomic E-state index is 14.4. The third kappa shape index (κ3) is 5.02. The zero-order chi connectivity index (χ0) is 26.4. The molecule has 1 aromatic carbocycles. The number of benzene rings is 1. The molecule has 9 nitrogen and oxygen atoms in total. The molecule has 198 valence electrons. The summed E-state index contributed by atoms with van der Waals surface area (Å²) < 4.78 is 53.6. The van der Waals surface area contributed by atoms with Gasteiger partial charge in [-0.15, -0.1) is 0 Å². The molecule has 2 unspecified atom stereocenters. The summed E-state index contributed by atoms with van der Waals surface area (Å²) in [7, 11) is -3.89. The smallest absolute Gasteiger partial charge is 0.268 e. The third-order valence-corrected chi connectivity index (χ3v) is 8.95. The molecule has 0 bridgehead atoms. The van der Waals surface area contributed by atoms with Crippen LogP contribution in [0.1, 0.15) is 62.0 Å². The third-order valence-electron chi connectivity index (χ3n) is 6.88. The Labute approximate surface area is 215 Å². The Balaban J connectivity index is 1.46. The Morgan fingerprint density at radius 1 is 1.22 bits per heavy atom. The Morgan fingerprint density at radius 2 is 2.03 bits per heavy atom. The van der Waals surface area contributed by atoms with Gasteiger partial charge in [0, 0.05) is 30.4 Å². The minimum atomic E-state index is -3.89. The first-order valence-electron chi connectivity index (χ1n) is 12.4. The molecule has 1 N–H and O–H groups in total. The second-order valence-electron chi connectivity index (χ2n) is 10.5. The fourth-order valence-electron chi connectivity index (χ4n) is 4.72. The highest BCUT2D eigenvalue weighted by molar-refractivity contribution is 7.91. The quantitative estimate of drug-likeness (QED) is 0.517. The molecular weight excluding hydrogens is 499 g/mol. The number of nitrogens with one attached hydrogen (secondary N) is 1. The van der Waals surface area contributed by atoms with E-state index in [9.17, 15) is 17.6 Å². The molecule has 1 amide bonds. The lowest BCUT2D eigenvalue weighted by atomic mass is 10.0. The summed E-state index contributed by atoms with van der Waals surface area (Å²) in [5.74, 6) is -0.423. The van der Waals surface area contributed by atoms with Crippen molar-refractivity contribution < 1.29 is 27.1 Å². The van der Waals surface area contributed by atoms with Gasteiger partial charge in [-0.05, 0) is 63.9 Å². The van der Waals surface area contributed by atoms with E-state index in [4.69, 9.17) is 9.47 Å². The van der Waals surface area contributed by atoms with E-state index in [0.29, 0.717) is 24.5 Å². The van der Waals surface area contributed by atoms with Crippen LogP contribution in [0.2, 0.25) is 0 Å². The van der Waals surface area contributed by atoms with Gasteiger partial charge < -0.3 is 14.4 Å². The molecule has 4 heterocycles. The van der Waals surface area contributed by atoms with Crippen LogP contribution in [-0.4, -0.2) is 54.5 Å². The molecule has 2 aromatic heterocycles. The second-order valence-corrected chi connectivity index (χ2v) is 12.9. The first-order chi connectivity index (χ1) is 17.5. The highest BCUT2D eigenvalue weighted by Crippen LogP contribution is 2.41. The van der Waals surface area contributed by atoms with Crippen molar-refractivity contribution in [1.29, 1.82) is 0 Å². The molecule has 37 heavy (non-hydrogen) atoms.